The van der Waals surface area contributed by atoms with Gasteiger partial charge in [0.2, 0.25) is 0 Å². The molecule has 0 saturated carbocycles. The van der Waals surface area contributed by atoms with Gasteiger partial charge in [0.25, 0.3) is 0 Å². The van der Waals surface area contributed by atoms with Crippen molar-refractivity contribution in [2.45, 2.75) is 18.7 Å². The van der Waals surface area contributed by atoms with Crippen molar-refractivity contribution >= 4 is 22.1 Å². The molecule has 1 N–H and O–H groups in total. The number of aromatic hydroxyl groups is 1. The van der Waals surface area contributed by atoms with Gasteiger partial charge in [-0.3, -0.25) is 9.59 Å². The molecule has 0 radical (unpaired) electrons. The van der Waals surface area contributed by atoms with Crippen molar-refractivity contribution in [3.8, 4) is 5.75 Å². The number of benzene rings is 1. The van der Waals surface area contributed by atoms with E-state index >= 15 is 0 Å². The Labute approximate surface area is 132 Å². The van der Waals surface area contributed by atoms with E-state index in [9.17, 15) is 22.6 Å². The molecule has 1 aromatic rings. The predicted molar refractivity (Wildman–Crippen MR) is 58.5 cm³/mol. The molecule has 0 amide bonds. The van der Waals surface area contributed by atoms with Gasteiger partial charge in [-0.15, -0.1) is 0 Å². The summed E-state index contributed by atoms with van der Waals surface area (Å²) in [4.78, 5) is 19.3. The average molecular weight is 298 g/mol. The summed E-state index contributed by atoms with van der Waals surface area (Å²) in [6.07, 6.45) is 0. The van der Waals surface area contributed by atoms with Gasteiger partial charge in [-0.05, 0) is 24.3 Å². The van der Waals surface area contributed by atoms with Crippen LogP contribution in [0, 0.1) is 0 Å². The summed E-state index contributed by atoms with van der Waals surface area (Å²) in [6, 6.07) is 4.39. The quantitative estimate of drug-likeness (QED) is 0.261. The maximum Gasteiger partial charge on any atom is 1.00 e. The number of carbonyl (C=O) groups is 2. The van der Waals surface area contributed by atoms with E-state index in [-0.39, 0.29) is 40.2 Å². The second-order valence-corrected chi connectivity index (χ2v) is 4.41. The number of esters is 2. The molecule has 0 bridgehead atoms. The Kier molecular flexibility index (Phi) is 9.71. The number of hydrogen-bond acceptors (Lipinski definition) is 7. The van der Waals surface area contributed by atoms with Crippen molar-refractivity contribution in [1.29, 1.82) is 0 Å². The molecule has 1 rings (SSSR count). The largest absolute Gasteiger partial charge is 1.00 e. The third kappa shape index (κ3) is 10.7. The van der Waals surface area contributed by atoms with Gasteiger partial charge in [-0.25, -0.2) is 8.42 Å². The second kappa shape index (κ2) is 9.05. The van der Waals surface area contributed by atoms with Gasteiger partial charge in [0.05, 0.1) is 4.90 Å². The van der Waals surface area contributed by atoms with Crippen LogP contribution in [-0.4, -0.2) is 30.0 Å². The van der Waals surface area contributed by atoms with Crippen molar-refractivity contribution in [2.24, 2.45) is 0 Å². The van der Waals surface area contributed by atoms with E-state index in [0.29, 0.717) is 0 Å². The van der Waals surface area contributed by atoms with Crippen LogP contribution in [0.1, 0.15) is 13.8 Å². The van der Waals surface area contributed by atoms with Crippen LogP contribution in [0.5, 0.6) is 5.75 Å². The van der Waals surface area contributed by atoms with Gasteiger partial charge in [-0.2, -0.15) is 0 Å². The van der Waals surface area contributed by atoms with E-state index in [1.165, 1.54) is 13.8 Å². The summed E-state index contributed by atoms with van der Waals surface area (Å²) >= 11 is 0. The minimum atomic E-state index is -4.38. The summed E-state index contributed by atoms with van der Waals surface area (Å²) in [5.74, 6) is -1.20. The first kappa shape index (κ1) is 20.4. The number of ether oxygens (including phenoxy) is 1. The molecule has 0 spiro atoms. The molecule has 0 aromatic heterocycles. The van der Waals surface area contributed by atoms with E-state index in [1.54, 1.807) is 0 Å². The van der Waals surface area contributed by atoms with E-state index in [2.05, 4.69) is 4.74 Å². The van der Waals surface area contributed by atoms with Crippen LogP contribution in [0.15, 0.2) is 29.2 Å². The topological polar surface area (TPSA) is 121 Å². The summed E-state index contributed by atoms with van der Waals surface area (Å²) in [5.41, 5.74) is 0. The molecule has 0 saturated heterocycles. The Morgan fingerprint density at radius 1 is 1.11 bits per heavy atom. The monoisotopic (exact) mass is 298 g/mol. The molecular weight excluding hydrogens is 287 g/mol. The Morgan fingerprint density at radius 2 is 1.47 bits per heavy atom. The van der Waals surface area contributed by atoms with E-state index in [4.69, 9.17) is 5.11 Å². The van der Waals surface area contributed by atoms with Crippen molar-refractivity contribution in [1.82, 2.24) is 0 Å². The van der Waals surface area contributed by atoms with Gasteiger partial charge in [0.1, 0.15) is 15.9 Å². The SMILES string of the molecule is CC(=O)OC(C)=O.O=S(=O)([O-])c1ccc(O)cc1.[Na+]. The molecule has 0 heterocycles. The molecule has 0 unspecified atom stereocenters. The van der Waals surface area contributed by atoms with Crippen LogP contribution in [0.2, 0.25) is 0 Å². The van der Waals surface area contributed by atoms with Gasteiger partial charge in [0.15, 0.2) is 0 Å². The Bertz CT molecular complexity index is 509. The summed E-state index contributed by atoms with van der Waals surface area (Å²) in [7, 11) is -4.38. The molecule has 7 nitrogen and oxygen atoms in total. The fourth-order valence-electron chi connectivity index (χ4n) is 0.815. The maximum absolute atomic E-state index is 10.3. The normalized spacial score (nSPS) is 9.42. The first-order valence-corrected chi connectivity index (χ1v) is 5.97. The zero-order chi connectivity index (χ0) is 14.3. The molecule has 100 valence electrons. The standard InChI is InChI=1S/C6H6O4S.C4H6O3.Na/c7-5-1-3-6(4-2-5)11(8,9)10;1-3(5)7-4(2)6;/h1-4,7H,(H,8,9,10);1-2H3;/q;;+1/p-1. The summed E-state index contributed by atoms with van der Waals surface area (Å²) in [5, 5.41) is 8.73. The number of phenols is 1. The third-order valence-electron chi connectivity index (χ3n) is 1.41. The van der Waals surface area contributed by atoms with Gasteiger partial charge >= 0.3 is 41.5 Å². The zero-order valence-electron chi connectivity index (χ0n) is 10.6. The van der Waals surface area contributed by atoms with Crippen molar-refractivity contribution in [3.05, 3.63) is 24.3 Å². The van der Waals surface area contributed by atoms with Crippen molar-refractivity contribution in [2.75, 3.05) is 0 Å². The van der Waals surface area contributed by atoms with Crippen LogP contribution >= 0.6 is 0 Å². The molecular formula is C10H11NaO7S. The smallest absolute Gasteiger partial charge is 0.744 e. The maximum atomic E-state index is 10.3. The molecule has 0 fully saturated rings. The molecule has 19 heavy (non-hydrogen) atoms. The Morgan fingerprint density at radius 3 is 1.68 bits per heavy atom. The minimum Gasteiger partial charge on any atom is -0.744 e. The van der Waals surface area contributed by atoms with Gasteiger partial charge in [-0.1, -0.05) is 0 Å². The predicted octanol–water partition coefficient (Wildman–Crippen LogP) is -2.60. The van der Waals surface area contributed by atoms with Crippen LogP contribution in [0.4, 0.5) is 0 Å². The molecule has 0 aliphatic rings. The third-order valence-corrected chi connectivity index (χ3v) is 2.26. The number of phenolic OH excluding ortho intramolecular Hbond substituents is 1. The molecule has 0 atom stereocenters. The van der Waals surface area contributed by atoms with Gasteiger partial charge < -0.3 is 14.4 Å². The Hall–Kier alpha value is -0.930. The zero-order valence-corrected chi connectivity index (χ0v) is 13.4. The van der Waals surface area contributed by atoms with Crippen LogP contribution in [0.25, 0.3) is 0 Å². The summed E-state index contributed by atoms with van der Waals surface area (Å²) < 4.78 is 34.9. The number of rotatable bonds is 1. The molecule has 0 aliphatic heterocycles. The molecule has 9 heteroatoms. The fourth-order valence-corrected chi connectivity index (χ4v) is 1.28. The first-order chi connectivity index (χ1) is 8.12. The van der Waals surface area contributed by atoms with Crippen LogP contribution in [0.3, 0.4) is 0 Å². The van der Waals surface area contributed by atoms with Crippen LogP contribution < -0.4 is 29.6 Å². The molecule has 0 aliphatic carbocycles. The number of carbonyl (C=O) groups excluding carboxylic acids is 2. The van der Waals surface area contributed by atoms with E-state index in [1.807, 2.05) is 0 Å². The average Bonchev–Trinajstić information content (AvgIpc) is 2.15. The first-order valence-electron chi connectivity index (χ1n) is 4.57. The Balaban J connectivity index is 0. The molecule has 1 aromatic carbocycles. The van der Waals surface area contributed by atoms with Gasteiger partial charge in [0, 0.05) is 13.8 Å². The van der Waals surface area contributed by atoms with Crippen LogP contribution in [-0.2, 0) is 24.4 Å². The van der Waals surface area contributed by atoms with E-state index < -0.39 is 22.1 Å². The summed E-state index contributed by atoms with van der Waals surface area (Å²) in [6.45, 7) is 2.36. The second-order valence-electron chi connectivity index (χ2n) is 3.03. The minimum absolute atomic E-state index is 0. The van der Waals surface area contributed by atoms with Crippen molar-refractivity contribution < 1.29 is 62.0 Å². The van der Waals surface area contributed by atoms with Crippen molar-refractivity contribution in [3.63, 3.8) is 0 Å². The number of hydrogen-bond donors (Lipinski definition) is 1. The van der Waals surface area contributed by atoms with E-state index in [0.717, 1.165) is 24.3 Å². The fraction of sp³-hybridized carbons (Fsp3) is 0.200.